The van der Waals surface area contributed by atoms with Gasteiger partial charge in [0.2, 0.25) is 0 Å². The van der Waals surface area contributed by atoms with Crippen LogP contribution in [0.2, 0.25) is 0 Å². The van der Waals surface area contributed by atoms with E-state index in [1.807, 2.05) is 13.0 Å². The zero-order valence-electron chi connectivity index (χ0n) is 17.7. The smallest absolute Gasteiger partial charge is 0.330 e. The van der Waals surface area contributed by atoms with Crippen LogP contribution in [0.3, 0.4) is 0 Å². The Bertz CT molecular complexity index is 883. The van der Waals surface area contributed by atoms with Crippen molar-refractivity contribution < 1.29 is 23.9 Å². The minimum Gasteiger partial charge on any atom is -0.493 e. The lowest BCUT2D eigenvalue weighted by Gasteiger charge is -2.09. The van der Waals surface area contributed by atoms with Crippen LogP contribution in [0.4, 0.5) is 11.5 Å². The third-order valence-corrected chi connectivity index (χ3v) is 4.23. The van der Waals surface area contributed by atoms with E-state index in [9.17, 15) is 14.9 Å². The number of aromatic nitrogens is 1. The molecule has 0 fully saturated rings. The predicted octanol–water partition coefficient (Wildman–Crippen LogP) is 4.24. The number of methoxy groups -OCH3 is 1. The first-order valence-electron chi connectivity index (χ1n) is 10.0. The molecule has 31 heavy (non-hydrogen) atoms. The summed E-state index contributed by atoms with van der Waals surface area (Å²) >= 11 is 0. The van der Waals surface area contributed by atoms with E-state index in [0.717, 1.165) is 24.8 Å². The van der Waals surface area contributed by atoms with E-state index in [1.165, 1.54) is 18.3 Å². The molecule has 0 unspecified atom stereocenters. The summed E-state index contributed by atoms with van der Waals surface area (Å²) in [6.45, 7) is 3.46. The molecule has 0 atom stereocenters. The Morgan fingerprint density at radius 2 is 2.03 bits per heavy atom. The van der Waals surface area contributed by atoms with Crippen molar-refractivity contribution in [2.45, 2.75) is 26.2 Å². The Hall–Kier alpha value is -3.62. The molecule has 0 bridgehead atoms. The van der Waals surface area contributed by atoms with Crippen molar-refractivity contribution in [3.63, 3.8) is 0 Å². The standard InChI is InChI=1S/C22H27N3O6/c1-3-30-19-10-7-17(15-20(19)29-2)8-12-22(26)31-14-6-4-5-13-23-21-11-9-18(16-24-21)25(27)28/h7-12,15-16H,3-6,13-14H2,1-2H3,(H,23,24)/b12-8+. The van der Waals surface area contributed by atoms with Gasteiger partial charge in [0.05, 0.1) is 25.2 Å². The largest absolute Gasteiger partial charge is 0.493 e. The lowest BCUT2D eigenvalue weighted by molar-refractivity contribution is -0.385. The zero-order chi connectivity index (χ0) is 22.5. The van der Waals surface area contributed by atoms with Gasteiger partial charge in [0.1, 0.15) is 12.0 Å². The maximum Gasteiger partial charge on any atom is 0.330 e. The Morgan fingerprint density at radius 3 is 2.71 bits per heavy atom. The summed E-state index contributed by atoms with van der Waals surface area (Å²) in [6, 6.07) is 8.41. The highest BCUT2D eigenvalue weighted by molar-refractivity contribution is 5.87. The van der Waals surface area contributed by atoms with Gasteiger partial charge in [-0.1, -0.05) is 6.07 Å². The third kappa shape index (κ3) is 8.33. The molecule has 1 aromatic heterocycles. The Labute approximate surface area is 181 Å². The number of carbonyl (C=O) groups excluding carboxylic acids is 1. The molecule has 9 heteroatoms. The first-order chi connectivity index (χ1) is 15.0. The second-order valence-corrected chi connectivity index (χ2v) is 6.49. The van der Waals surface area contributed by atoms with E-state index < -0.39 is 10.9 Å². The van der Waals surface area contributed by atoms with Gasteiger partial charge in [-0.25, -0.2) is 9.78 Å². The highest BCUT2D eigenvalue weighted by Crippen LogP contribution is 2.28. The molecule has 0 radical (unpaired) electrons. The van der Waals surface area contributed by atoms with Gasteiger partial charge in [-0.15, -0.1) is 0 Å². The van der Waals surface area contributed by atoms with Crippen molar-refractivity contribution in [3.05, 3.63) is 58.3 Å². The van der Waals surface area contributed by atoms with Crippen molar-refractivity contribution in [3.8, 4) is 11.5 Å². The van der Waals surface area contributed by atoms with Gasteiger partial charge in [0, 0.05) is 18.7 Å². The van der Waals surface area contributed by atoms with Crippen molar-refractivity contribution >= 4 is 23.6 Å². The number of esters is 1. The number of unbranched alkanes of at least 4 members (excludes halogenated alkanes) is 2. The first-order valence-corrected chi connectivity index (χ1v) is 10.0. The Balaban J connectivity index is 1.62. The van der Waals surface area contributed by atoms with Gasteiger partial charge in [0.25, 0.3) is 5.69 Å². The molecule has 9 nitrogen and oxygen atoms in total. The van der Waals surface area contributed by atoms with Crippen LogP contribution in [0.1, 0.15) is 31.7 Å². The summed E-state index contributed by atoms with van der Waals surface area (Å²) in [6.07, 6.45) is 6.74. The second-order valence-electron chi connectivity index (χ2n) is 6.49. The van der Waals surface area contributed by atoms with E-state index >= 15 is 0 Å². The lowest BCUT2D eigenvalue weighted by atomic mass is 10.2. The van der Waals surface area contributed by atoms with Crippen molar-refractivity contribution in [1.82, 2.24) is 4.98 Å². The first kappa shape index (κ1) is 23.7. The number of hydrogen-bond acceptors (Lipinski definition) is 8. The van der Waals surface area contributed by atoms with E-state index in [4.69, 9.17) is 14.2 Å². The number of pyridine rings is 1. The molecule has 0 aliphatic heterocycles. The number of carbonyl (C=O) groups is 1. The van der Waals surface area contributed by atoms with E-state index in [1.54, 1.807) is 31.4 Å². The number of rotatable bonds is 13. The molecule has 1 aromatic carbocycles. The van der Waals surface area contributed by atoms with Gasteiger partial charge in [-0.05, 0) is 56.0 Å². The van der Waals surface area contributed by atoms with Crippen LogP contribution in [-0.2, 0) is 9.53 Å². The van der Waals surface area contributed by atoms with Gasteiger partial charge < -0.3 is 19.5 Å². The lowest BCUT2D eigenvalue weighted by Crippen LogP contribution is -2.05. The fourth-order valence-corrected chi connectivity index (χ4v) is 2.67. The molecule has 2 aromatic rings. The highest BCUT2D eigenvalue weighted by Gasteiger charge is 2.06. The van der Waals surface area contributed by atoms with Crippen LogP contribution in [0.5, 0.6) is 11.5 Å². The summed E-state index contributed by atoms with van der Waals surface area (Å²) in [4.78, 5) is 25.9. The van der Waals surface area contributed by atoms with Crippen molar-refractivity contribution in [1.29, 1.82) is 0 Å². The van der Waals surface area contributed by atoms with E-state index in [0.29, 0.717) is 37.1 Å². The van der Waals surface area contributed by atoms with Crippen LogP contribution >= 0.6 is 0 Å². The SMILES string of the molecule is CCOc1ccc(/C=C/C(=O)OCCCCCNc2ccc([N+](=O)[O-])cn2)cc1OC. The number of nitro groups is 1. The second kappa shape index (κ2) is 12.8. The molecule has 1 N–H and O–H groups in total. The van der Waals surface area contributed by atoms with Crippen molar-refractivity contribution in [2.75, 3.05) is 32.2 Å². The van der Waals surface area contributed by atoms with Crippen LogP contribution < -0.4 is 14.8 Å². The van der Waals surface area contributed by atoms with E-state index in [-0.39, 0.29) is 5.69 Å². The number of ether oxygens (including phenoxy) is 3. The monoisotopic (exact) mass is 429 g/mol. The Kier molecular flexibility index (Phi) is 9.80. The zero-order valence-corrected chi connectivity index (χ0v) is 17.7. The summed E-state index contributed by atoms with van der Waals surface area (Å²) in [5, 5.41) is 13.7. The van der Waals surface area contributed by atoms with E-state index in [2.05, 4.69) is 10.3 Å². The molecular formula is C22H27N3O6. The molecule has 0 saturated heterocycles. The topological polar surface area (TPSA) is 113 Å². The maximum absolute atomic E-state index is 11.9. The van der Waals surface area contributed by atoms with Gasteiger partial charge >= 0.3 is 5.97 Å². The third-order valence-electron chi connectivity index (χ3n) is 4.23. The van der Waals surface area contributed by atoms with Crippen LogP contribution in [0, 0.1) is 10.1 Å². The number of anilines is 1. The molecule has 0 aliphatic rings. The number of hydrogen-bond donors (Lipinski definition) is 1. The number of nitrogens with zero attached hydrogens (tertiary/aromatic N) is 2. The molecular weight excluding hydrogens is 402 g/mol. The summed E-state index contributed by atoms with van der Waals surface area (Å²) < 4.78 is 16.0. The fourth-order valence-electron chi connectivity index (χ4n) is 2.67. The normalized spacial score (nSPS) is 10.6. The molecule has 2 rings (SSSR count). The average molecular weight is 429 g/mol. The minimum atomic E-state index is -0.484. The summed E-state index contributed by atoms with van der Waals surface area (Å²) in [5.41, 5.74) is 0.770. The van der Waals surface area contributed by atoms with Gasteiger partial charge in [-0.2, -0.15) is 0 Å². The molecule has 166 valence electrons. The van der Waals surface area contributed by atoms with Crippen molar-refractivity contribution in [2.24, 2.45) is 0 Å². The fraction of sp³-hybridized carbons (Fsp3) is 0.364. The number of nitrogens with one attached hydrogen (secondary N) is 1. The quantitative estimate of drug-likeness (QED) is 0.165. The molecule has 0 spiro atoms. The average Bonchev–Trinajstić information content (AvgIpc) is 2.78. The van der Waals surface area contributed by atoms with Crippen LogP contribution in [0.15, 0.2) is 42.6 Å². The highest BCUT2D eigenvalue weighted by atomic mass is 16.6. The predicted molar refractivity (Wildman–Crippen MR) is 117 cm³/mol. The van der Waals surface area contributed by atoms with Gasteiger partial charge in [0.15, 0.2) is 11.5 Å². The summed E-state index contributed by atoms with van der Waals surface area (Å²) in [5.74, 6) is 1.45. The molecule has 0 aliphatic carbocycles. The Morgan fingerprint density at radius 1 is 1.19 bits per heavy atom. The number of benzene rings is 1. The van der Waals surface area contributed by atoms with Crippen LogP contribution in [0.25, 0.3) is 6.08 Å². The molecule has 0 amide bonds. The molecule has 1 heterocycles. The maximum atomic E-state index is 11.9. The molecule has 0 saturated carbocycles. The summed E-state index contributed by atoms with van der Waals surface area (Å²) in [7, 11) is 1.57. The van der Waals surface area contributed by atoms with Crippen LogP contribution in [-0.4, -0.2) is 42.7 Å². The minimum absolute atomic E-state index is 0.0388. The van der Waals surface area contributed by atoms with Gasteiger partial charge in [-0.3, -0.25) is 10.1 Å².